The van der Waals surface area contributed by atoms with Gasteiger partial charge in [0, 0.05) is 23.7 Å². The molecule has 3 aromatic heterocycles. The normalized spacial score (nSPS) is 10.8. The molecule has 0 unspecified atom stereocenters. The Morgan fingerprint density at radius 2 is 2.12 bits per heavy atom. The minimum absolute atomic E-state index is 0.0769. The number of aromatic nitrogens is 5. The van der Waals surface area contributed by atoms with Crippen LogP contribution in [0.3, 0.4) is 0 Å². The van der Waals surface area contributed by atoms with Crippen molar-refractivity contribution in [2.45, 2.75) is 20.3 Å². The number of carbonyl (C=O) groups excluding carboxylic acids is 1. The molecular weight excluding hydrogens is 310 g/mol. The molecule has 0 aromatic carbocycles. The van der Waals surface area contributed by atoms with Crippen LogP contribution in [0.25, 0.3) is 11.4 Å². The van der Waals surface area contributed by atoms with E-state index in [1.54, 1.807) is 30.6 Å². The summed E-state index contributed by atoms with van der Waals surface area (Å²) in [5.41, 5.74) is 7.00. The first kappa shape index (κ1) is 15.7. The fourth-order valence-electron chi connectivity index (χ4n) is 2.09. The Morgan fingerprint density at radius 3 is 2.88 bits per heavy atom. The molecule has 0 saturated heterocycles. The summed E-state index contributed by atoms with van der Waals surface area (Å²) in [5, 5.41) is 10.7. The van der Waals surface area contributed by atoms with Crippen LogP contribution in [-0.2, 0) is 6.42 Å². The zero-order valence-electron chi connectivity index (χ0n) is 13.3. The predicted octanol–water partition coefficient (Wildman–Crippen LogP) is 1.81. The molecule has 0 bridgehead atoms. The molecule has 0 spiro atoms. The molecule has 0 fully saturated rings. The van der Waals surface area contributed by atoms with Crippen molar-refractivity contribution < 1.29 is 9.32 Å². The first-order chi connectivity index (χ1) is 11.6. The van der Waals surface area contributed by atoms with Crippen molar-refractivity contribution in [3.63, 3.8) is 0 Å². The van der Waals surface area contributed by atoms with E-state index >= 15 is 0 Å². The number of H-pyrrole nitrogens is 1. The number of pyridine rings is 1. The van der Waals surface area contributed by atoms with Crippen molar-refractivity contribution in [2.24, 2.45) is 5.92 Å². The van der Waals surface area contributed by atoms with E-state index in [2.05, 4.69) is 50.0 Å². The van der Waals surface area contributed by atoms with E-state index in [0.29, 0.717) is 11.7 Å². The van der Waals surface area contributed by atoms with Gasteiger partial charge in [0.05, 0.1) is 0 Å². The predicted molar refractivity (Wildman–Crippen MR) is 85.7 cm³/mol. The molecule has 0 aliphatic heterocycles. The third-order valence-corrected chi connectivity index (χ3v) is 3.14. The van der Waals surface area contributed by atoms with Gasteiger partial charge in [0.25, 0.3) is 5.91 Å². The molecule has 3 aromatic rings. The van der Waals surface area contributed by atoms with Crippen LogP contribution < -0.4 is 10.9 Å². The fourth-order valence-corrected chi connectivity index (χ4v) is 2.09. The Hall–Kier alpha value is -3.23. The molecule has 3 rings (SSSR count). The second kappa shape index (κ2) is 6.90. The number of hydrogen-bond donors (Lipinski definition) is 3. The van der Waals surface area contributed by atoms with Gasteiger partial charge in [0.1, 0.15) is 0 Å². The lowest BCUT2D eigenvalue weighted by atomic mass is 10.1. The number of hydrogen-bond acceptors (Lipinski definition) is 7. The average Bonchev–Trinajstić information content (AvgIpc) is 3.22. The average molecular weight is 327 g/mol. The molecule has 9 heteroatoms. The lowest BCUT2D eigenvalue weighted by molar-refractivity contribution is 0.0956. The van der Waals surface area contributed by atoms with E-state index < -0.39 is 5.91 Å². The fraction of sp³-hybridized carbons (Fsp3) is 0.267. The third kappa shape index (κ3) is 3.75. The van der Waals surface area contributed by atoms with Crippen LogP contribution in [0, 0.1) is 5.92 Å². The summed E-state index contributed by atoms with van der Waals surface area (Å²) in [6.45, 7) is 4.19. The number of rotatable bonds is 6. The Bertz CT molecular complexity index is 810. The summed E-state index contributed by atoms with van der Waals surface area (Å²) in [5.74, 6) is 0.475. The summed E-state index contributed by atoms with van der Waals surface area (Å²) in [4.78, 5) is 20.1. The van der Waals surface area contributed by atoms with E-state index in [9.17, 15) is 4.79 Å². The van der Waals surface area contributed by atoms with Crippen LogP contribution in [-0.4, -0.2) is 31.2 Å². The molecule has 0 atom stereocenters. The van der Waals surface area contributed by atoms with E-state index in [1.165, 1.54) is 0 Å². The number of carbonyl (C=O) groups is 1. The number of amides is 1. The highest BCUT2D eigenvalue weighted by Gasteiger charge is 2.13. The van der Waals surface area contributed by atoms with Gasteiger partial charge in [0.15, 0.2) is 5.69 Å². The van der Waals surface area contributed by atoms with Gasteiger partial charge in [-0.3, -0.25) is 20.3 Å². The zero-order valence-corrected chi connectivity index (χ0v) is 13.3. The van der Waals surface area contributed by atoms with E-state index in [1.807, 2.05) is 0 Å². The maximum Gasteiger partial charge on any atom is 0.340 e. The number of anilines is 1. The Morgan fingerprint density at radius 1 is 1.33 bits per heavy atom. The highest BCUT2D eigenvalue weighted by molar-refractivity contribution is 5.92. The lowest BCUT2D eigenvalue weighted by Gasteiger charge is -2.01. The van der Waals surface area contributed by atoms with E-state index in [-0.39, 0.29) is 11.7 Å². The third-order valence-electron chi connectivity index (χ3n) is 3.14. The van der Waals surface area contributed by atoms with Gasteiger partial charge in [-0.05, 0) is 30.5 Å². The van der Waals surface area contributed by atoms with Crippen molar-refractivity contribution in [1.82, 2.24) is 30.7 Å². The SMILES string of the molecule is CC(C)Cc1cc(C(=O)NNc2nc(-c3ccncc3)no2)n[nH]1. The minimum Gasteiger partial charge on any atom is -0.313 e. The standard InChI is InChI=1S/C15H17N7O2/c1-9(2)7-11-8-12(19-18-11)14(23)20-21-15-17-13(22-24-15)10-3-5-16-6-4-10/h3-6,8-9H,7H2,1-2H3,(H,18,19)(H,20,23)(H,17,21,22). The molecule has 1 amide bonds. The van der Waals surface area contributed by atoms with Crippen LogP contribution in [0.15, 0.2) is 35.1 Å². The summed E-state index contributed by atoms with van der Waals surface area (Å²) >= 11 is 0. The largest absolute Gasteiger partial charge is 0.340 e. The lowest BCUT2D eigenvalue weighted by Crippen LogP contribution is -2.29. The molecule has 0 aliphatic rings. The number of nitrogens with one attached hydrogen (secondary N) is 3. The number of aromatic amines is 1. The second-order valence-corrected chi connectivity index (χ2v) is 5.61. The molecule has 3 N–H and O–H groups in total. The van der Waals surface area contributed by atoms with Gasteiger partial charge in [-0.25, -0.2) is 5.43 Å². The van der Waals surface area contributed by atoms with Crippen molar-refractivity contribution in [2.75, 3.05) is 5.43 Å². The maximum absolute atomic E-state index is 12.0. The molecule has 0 radical (unpaired) electrons. The summed E-state index contributed by atoms with van der Waals surface area (Å²) in [6, 6.07) is 5.31. The van der Waals surface area contributed by atoms with Crippen LogP contribution in [0.2, 0.25) is 0 Å². The highest BCUT2D eigenvalue weighted by Crippen LogP contribution is 2.15. The van der Waals surface area contributed by atoms with Crippen molar-refractivity contribution >= 4 is 11.9 Å². The first-order valence-corrected chi connectivity index (χ1v) is 7.46. The van der Waals surface area contributed by atoms with Crippen LogP contribution in [0.1, 0.15) is 30.0 Å². The number of hydrazine groups is 1. The topological polar surface area (TPSA) is 122 Å². The molecule has 0 aliphatic carbocycles. The summed E-state index contributed by atoms with van der Waals surface area (Å²) < 4.78 is 5.03. The van der Waals surface area contributed by atoms with Crippen LogP contribution in [0.4, 0.5) is 6.01 Å². The van der Waals surface area contributed by atoms with Crippen LogP contribution in [0.5, 0.6) is 0 Å². The monoisotopic (exact) mass is 327 g/mol. The molecule has 24 heavy (non-hydrogen) atoms. The van der Waals surface area contributed by atoms with Gasteiger partial charge in [-0.1, -0.05) is 19.0 Å². The van der Waals surface area contributed by atoms with Gasteiger partial charge >= 0.3 is 6.01 Å². The quantitative estimate of drug-likeness (QED) is 0.590. The molecular formula is C15H17N7O2. The Balaban J connectivity index is 1.59. The molecule has 124 valence electrons. The van der Waals surface area contributed by atoms with Gasteiger partial charge < -0.3 is 4.52 Å². The van der Waals surface area contributed by atoms with Gasteiger partial charge in [-0.2, -0.15) is 10.1 Å². The molecule has 3 heterocycles. The second-order valence-electron chi connectivity index (χ2n) is 5.61. The maximum atomic E-state index is 12.0. The summed E-state index contributed by atoms with van der Waals surface area (Å²) in [6.07, 6.45) is 4.09. The summed E-state index contributed by atoms with van der Waals surface area (Å²) in [7, 11) is 0. The first-order valence-electron chi connectivity index (χ1n) is 7.46. The van der Waals surface area contributed by atoms with Crippen LogP contribution >= 0.6 is 0 Å². The highest BCUT2D eigenvalue weighted by atomic mass is 16.5. The zero-order chi connectivity index (χ0) is 16.9. The smallest absolute Gasteiger partial charge is 0.313 e. The van der Waals surface area contributed by atoms with Crippen molar-refractivity contribution in [3.05, 3.63) is 42.0 Å². The minimum atomic E-state index is -0.398. The number of nitrogens with zero attached hydrogens (tertiary/aromatic N) is 4. The van der Waals surface area contributed by atoms with Gasteiger partial charge in [-0.15, -0.1) is 0 Å². The van der Waals surface area contributed by atoms with Crippen molar-refractivity contribution in [1.29, 1.82) is 0 Å². The van der Waals surface area contributed by atoms with E-state index in [4.69, 9.17) is 4.52 Å². The molecule has 0 saturated carbocycles. The van der Waals surface area contributed by atoms with E-state index in [0.717, 1.165) is 17.7 Å². The Labute approximate surface area is 137 Å². The molecule has 9 nitrogen and oxygen atoms in total. The van der Waals surface area contributed by atoms with Gasteiger partial charge in [0.2, 0.25) is 5.82 Å². The Kier molecular flexibility index (Phi) is 4.50. The van der Waals surface area contributed by atoms with Crippen molar-refractivity contribution in [3.8, 4) is 11.4 Å².